The van der Waals surface area contributed by atoms with Gasteiger partial charge in [-0.3, -0.25) is 0 Å². The molecule has 0 aromatic rings. The van der Waals surface area contributed by atoms with Crippen LogP contribution < -0.4 is 0 Å². The van der Waals surface area contributed by atoms with E-state index in [9.17, 15) is 0 Å². The van der Waals surface area contributed by atoms with Crippen molar-refractivity contribution in [1.29, 1.82) is 0 Å². The molecule has 0 aromatic heterocycles. The predicted molar refractivity (Wildman–Crippen MR) is 66.2 cm³/mol. The quantitative estimate of drug-likeness (QED) is 0.444. The smallest absolute Gasteiger partial charge is 0.106 e. The number of hydrogen-bond acceptors (Lipinski definition) is 1. The van der Waals surface area contributed by atoms with Crippen molar-refractivity contribution < 1.29 is 4.74 Å². The lowest BCUT2D eigenvalue weighted by atomic mass is 9.93. The molecule has 3 aliphatic rings. The van der Waals surface area contributed by atoms with Crippen LogP contribution in [0.15, 0.2) is 22.3 Å². The lowest BCUT2D eigenvalue weighted by Crippen LogP contribution is -2.05. The van der Waals surface area contributed by atoms with Crippen molar-refractivity contribution >= 4 is 0 Å². The Balaban J connectivity index is 1.99. The van der Waals surface area contributed by atoms with Crippen LogP contribution in [-0.4, -0.2) is 12.2 Å². The maximum absolute atomic E-state index is 5.78. The SMILES string of the molecule is CC(C)=C1CC[C@H](C)C2=C(C1)[C@H](C)[C@H]1O[C@@H]21. The minimum Gasteiger partial charge on any atom is -0.364 e. The number of ether oxygens (including phenoxy) is 1. The third kappa shape index (κ3) is 1.41. The maximum Gasteiger partial charge on any atom is 0.106 e. The standard InChI is InChI=1S/C15H22O/c1-8(2)11-6-5-9(3)13-12(7-11)10(4)14-15(13)16-14/h9-10,14-15H,5-7H2,1-4H3/t9-,10-,14+,15-/m0/s1. The number of hydrogen-bond donors (Lipinski definition) is 0. The minimum atomic E-state index is 0.511. The Bertz CT molecular complexity index is 384. The van der Waals surface area contributed by atoms with Gasteiger partial charge in [0.2, 0.25) is 0 Å². The lowest BCUT2D eigenvalue weighted by molar-refractivity contribution is 0.325. The van der Waals surface area contributed by atoms with Gasteiger partial charge in [0, 0.05) is 5.92 Å². The first kappa shape index (κ1) is 10.6. The average Bonchev–Trinajstić information content (AvgIpc) is 2.96. The number of allylic oxidation sites excluding steroid dienone is 2. The van der Waals surface area contributed by atoms with E-state index < -0.39 is 0 Å². The van der Waals surface area contributed by atoms with E-state index in [4.69, 9.17) is 4.74 Å². The van der Waals surface area contributed by atoms with E-state index in [-0.39, 0.29) is 0 Å². The topological polar surface area (TPSA) is 12.5 Å². The molecular formula is C15H22O. The van der Waals surface area contributed by atoms with Crippen molar-refractivity contribution in [3.05, 3.63) is 22.3 Å². The Morgan fingerprint density at radius 1 is 1.25 bits per heavy atom. The summed E-state index contributed by atoms with van der Waals surface area (Å²) in [5.74, 6) is 1.42. The highest BCUT2D eigenvalue weighted by molar-refractivity contribution is 5.41. The normalized spacial score (nSPS) is 41.6. The van der Waals surface area contributed by atoms with Crippen molar-refractivity contribution in [3.8, 4) is 0 Å². The first-order valence-corrected chi connectivity index (χ1v) is 6.63. The molecule has 0 amide bonds. The van der Waals surface area contributed by atoms with Gasteiger partial charge in [0.25, 0.3) is 0 Å². The summed E-state index contributed by atoms with van der Waals surface area (Å²) in [5, 5.41) is 0. The Morgan fingerprint density at radius 3 is 2.69 bits per heavy atom. The van der Waals surface area contributed by atoms with E-state index in [1.54, 1.807) is 16.7 Å². The highest BCUT2D eigenvalue weighted by Gasteiger charge is 2.54. The first-order chi connectivity index (χ1) is 7.59. The van der Waals surface area contributed by atoms with Crippen molar-refractivity contribution in [2.24, 2.45) is 11.8 Å². The monoisotopic (exact) mass is 218 g/mol. The van der Waals surface area contributed by atoms with Gasteiger partial charge in [0.05, 0.1) is 6.10 Å². The van der Waals surface area contributed by atoms with Crippen LogP contribution in [0, 0.1) is 11.8 Å². The second-order valence-electron chi connectivity index (χ2n) is 6.01. The van der Waals surface area contributed by atoms with Gasteiger partial charge in [0.1, 0.15) is 6.10 Å². The van der Waals surface area contributed by atoms with Crippen LogP contribution >= 0.6 is 0 Å². The molecule has 2 aliphatic carbocycles. The Kier molecular flexibility index (Phi) is 2.29. The van der Waals surface area contributed by atoms with Gasteiger partial charge in [-0.25, -0.2) is 0 Å². The molecule has 0 bridgehead atoms. The molecule has 0 aromatic carbocycles. The van der Waals surface area contributed by atoms with Crippen LogP contribution in [0.25, 0.3) is 0 Å². The van der Waals surface area contributed by atoms with Crippen LogP contribution in [0.2, 0.25) is 0 Å². The highest BCUT2D eigenvalue weighted by Crippen LogP contribution is 2.53. The Morgan fingerprint density at radius 2 is 2.00 bits per heavy atom. The summed E-state index contributed by atoms with van der Waals surface area (Å²) in [4.78, 5) is 0. The molecule has 1 heterocycles. The van der Waals surface area contributed by atoms with E-state index in [2.05, 4.69) is 27.7 Å². The second-order valence-corrected chi connectivity index (χ2v) is 6.01. The zero-order valence-electron chi connectivity index (χ0n) is 10.8. The van der Waals surface area contributed by atoms with E-state index in [0.29, 0.717) is 18.1 Å². The molecule has 0 unspecified atom stereocenters. The van der Waals surface area contributed by atoms with E-state index in [0.717, 1.165) is 5.92 Å². The molecule has 88 valence electrons. The number of rotatable bonds is 0. The fraction of sp³-hybridized carbons (Fsp3) is 0.733. The van der Waals surface area contributed by atoms with Gasteiger partial charge < -0.3 is 4.74 Å². The molecule has 1 nitrogen and oxygen atoms in total. The van der Waals surface area contributed by atoms with Gasteiger partial charge in [-0.05, 0) is 44.6 Å². The summed E-state index contributed by atoms with van der Waals surface area (Å²) in [6.45, 7) is 9.28. The van der Waals surface area contributed by atoms with Crippen LogP contribution in [0.5, 0.6) is 0 Å². The predicted octanol–water partition coefficient (Wildman–Crippen LogP) is 3.86. The first-order valence-electron chi connectivity index (χ1n) is 6.63. The summed E-state index contributed by atoms with van der Waals surface area (Å²) < 4.78 is 5.78. The van der Waals surface area contributed by atoms with Crippen molar-refractivity contribution in [2.45, 2.75) is 59.2 Å². The molecule has 1 fully saturated rings. The van der Waals surface area contributed by atoms with Gasteiger partial charge >= 0.3 is 0 Å². The van der Waals surface area contributed by atoms with Crippen LogP contribution in [-0.2, 0) is 4.74 Å². The molecule has 1 saturated heterocycles. The van der Waals surface area contributed by atoms with Crippen molar-refractivity contribution in [2.75, 3.05) is 0 Å². The largest absolute Gasteiger partial charge is 0.364 e. The fourth-order valence-electron chi connectivity index (χ4n) is 3.55. The van der Waals surface area contributed by atoms with Gasteiger partial charge in [-0.15, -0.1) is 0 Å². The Labute approximate surface area is 98.6 Å². The molecule has 1 aliphatic heterocycles. The fourth-order valence-corrected chi connectivity index (χ4v) is 3.55. The van der Waals surface area contributed by atoms with Crippen LogP contribution in [0.4, 0.5) is 0 Å². The molecule has 4 atom stereocenters. The summed E-state index contributed by atoms with van der Waals surface area (Å²) >= 11 is 0. The third-order valence-corrected chi connectivity index (χ3v) is 4.77. The van der Waals surface area contributed by atoms with Crippen molar-refractivity contribution in [3.63, 3.8) is 0 Å². The number of fused-ring (bicyclic) bond motifs is 2. The highest BCUT2D eigenvalue weighted by atomic mass is 16.6. The molecule has 0 N–H and O–H groups in total. The summed E-state index contributed by atoms with van der Waals surface area (Å²) in [7, 11) is 0. The molecule has 0 spiro atoms. The molecular weight excluding hydrogens is 196 g/mol. The van der Waals surface area contributed by atoms with E-state index in [1.807, 2.05) is 0 Å². The van der Waals surface area contributed by atoms with Gasteiger partial charge in [0.15, 0.2) is 0 Å². The van der Waals surface area contributed by atoms with Crippen molar-refractivity contribution in [1.82, 2.24) is 0 Å². The maximum atomic E-state index is 5.78. The summed E-state index contributed by atoms with van der Waals surface area (Å²) in [6.07, 6.45) is 4.90. The zero-order chi connectivity index (χ0) is 11.4. The molecule has 3 rings (SSSR count). The van der Waals surface area contributed by atoms with Crippen LogP contribution in [0.3, 0.4) is 0 Å². The molecule has 0 saturated carbocycles. The van der Waals surface area contributed by atoms with Gasteiger partial charge in [-0.2, -0.15) is 0 Å². The van der Waals surface area contributed by atoms with Gasteiger partial charge in [-0.1, -0.05) is 30.6 Å². The summed E-state index contributed by atoms with van der Waals surface area (Å²) in [6, 6.07) is 0. The van der Waals surface area contributed by atoms with E-state index >= 15 is 0 Å². The Hall–Kier alpha value is -0.560. The number of epoxide rings is 1. The summed E-state index contributed by atoms with van der Waals surface area (Å²) in [5.41, 5.74) is 6.62. The molecule has 16 heavy (non-hydrogen) atoms. The van der Waals surface area contributed by atoms with E-state index in [1.165, 1.54) is 24.8 Å². The minimum absolute atomic E-state index is 0.511. The average molecular weight is 218 g/mol. The zero-order valence-corrected chi connectivity index (χ0v) is 10.8. The molecule has 0 radical (unpaired) electrons. The molecule has 1 heteroatoms. The second kappa shape index (κ2) is 3.46. The van der Waals surface area contributed by atoms with Crippen LogP contribution in [0.1, 0.15) is 47.0 Å². The lowest BCUT2D eigenvalue weighted by Gasteiger charge is -2.15. The third-order valence-electron chi connectivity index (χ3n) is 4.77.